The van der Waals surface area contributed by atoms with Crippen LogP contribution >= 0.6 is 0 Å². The molecule has 2 aliphatic rings. The van der Waals surface area contributed by atoms with Crippen LogP contribution in [0.4, 0.5) is 25.4 Å². The topological polar surface area (TPSA) is 146 Å². The molecule has 13 nitrogen and oxygen atoms in total. The molecule has 3 heterocycles. The Bertz CT molecular complexity index is 1180. The van der Waals surface area contributed by atoms with Gasteiger partial charge in [0.2, 0.25) is 5.91 Å². The third-order valence-corrected chi connectivity index (χ3v) is 6.04. The van der Waals surface area contributed by atoms with E-state index in [-0.39, 0.29) is 37.8 Å². The Morgan fingerprint density at radius 3 is 2.63 bits per heavy atom. The molecule has 38 heavy (non-hydrogen) atoms. The number of amides is 4. The van der Waals surface area contributed by atoms with Gasteiger partial charge in [-0.1, -0.05) is 0 Å². The van der Waals surface area contributed by atoms with Crippen molar-refractivity contribution in [1.29, 1.82) is 0 Å². The highest BCUT2D eigenvalue weighted by molar-refractivity contribution is 5.94. The normalized spacial score (nSPS) is 17.2. The predicted octanol–water partition coefficient (Wildman–Crippen LogP) is 0.766. The van der Waals surface area contributed by atoms with Crippen molar-refractivity contribution in [2.24, 2.45) is 0 Å². The van der Waals surface area contributed by atoms with E-state index in [1.807, 2.05) is 4.90 Å². The number of piperazine rings is 1. The highest BCUT2D eigenvalue weighted by Crippen LogP contribution is 2.28. The molecule has 1 aromatic heterocycles. The molecule has 2 N–H and O–H groups in total. The lowest BCUT2D eigenvalue weighted by Crippen LogP contribution is -2.51. The van der Waals surface area contributed by atoms with Gasteiger partial charge in [0.15, 0.2) is 0 Å². The van der Waals surface area contributed by atoms with E-state index in [1.165, 1.54) is 29.6 Å². The van der Waals surface area contributed by atoms with Crippen LogP contribution in [0, 0.1) is 5.82 Å². The zero-order valence-electron chi connectivity index (χ0n) is 20.8. The summed E-state index contributed by atoms with van der Waals surface area (Å²) in [5.41, 5.74) is 0.808. The SMILES string of the molecule is CCOC(=O)NCC1CN(c2ccc(N3CCN(C(=O)CNC(=O)c4cnccn4)CC3)c(F)c2)C(=O)O1. The zero-order chi connectivity index (χ0) is 27.1. The first-order chi connectivity index (χ1) is 18.4. The number of carbonyl (C=O) groups excluding carboxylic acids is 4. The number of benzene rings is 1. The maximum absolute atomic E-state index is 15.0. The summed E-state index contributed by atoms with van der Waals surface area (Å²) in [6.45, 7) is 3.46. The number of hydrogen-bond donors (Lipinski definition) is 2. The summed E-state index contributed by atoms with van der Waals surface area (Å²) in [5, 5.41) is 5.05. The minimum atomic E-state index is -0.633. The van der Waals surface area contributed by atoms with Gasteiger partial charge < -0.3 is 29.9 Å². The van der Waals surface area contributed by atoms with E-state index in [9.17, 15) is 19.2 Å². The van der Waals surface area contributed by atoms with Crippen LogP contribution in [0.2, 0.25) is 0 Å². The maximum atomic E-state index is 15.0. The lowest BCUT2D eigenvalue weighted by atomic mass is 10.2. The van der Waals surface area contributed by atoms with Gasteiger partial charge in [-0.2, -0.15) is 0 Å². The van der Waals surface area contributed by atoms with Crippen molar-refractivity contribution in [3.8, 4) is 0 Å². The van der Waals surface area contributed by atoms with Gasteiger partial charge in [-0.05, 0) is 25.1 Å². The first-order valence-corrected chi connectivity index (χ1v) is 12.1. The molecule has 202 valence electrons. The van der Waals surface area contributed by atoms with Crippen molar-refractivity contribution in [2.75, 3.05) is 62.2 Å². The number of nitrogens with zero attached hydrogens (tertiary/aromatic N) is 5. The van der Waals surface area contributed by atoms with Crippen LogP contribution in [0.15, 0.2) is 36.8 Å². The Hall–Kier alpha value is -4.49. The molecule has 0 aliphatic carbocycles. The average molecular weight is 530 g/mol. The van der Waals surface area contributed by atoms with Gasteiger partial charge in [0.25, 0.3) is 5.91 Å². The predicted molar refractivity (Wildman–Crippen MR) is 132 cm³/mol. The van der Waals surface area contributed by atoms with Gasteiger partial charge in [-0.3, -0.25) is 19.5 Å². The van der Waals surface area contributed by atoms with Crippen molar-refractivity contribution in [3.05, 3.63) is 48.3 Å². The van der Waals surface area contributed by atoms with Crippen molar-refractivity contribution < 1.29 is 33.0 Å². The molecule has 1 aromatic carbocycles. The molecule has 0 spiro atoms. The Balaban J connectivity index is 1.27. The summed E-state index contributed by atoms with van der Waals surface area (Å²) in [6.07, 6.45) is 2.32. The van der Waals surface area contributed by atoms with Crippen LogP contribution < -0.4 is 20.4 Å². The maximum Gasteiger partial charge on any atom is 0.414 e. The summed E-state index contributed by atoms with van der Waals surface area (Å²) in [6, 6.07) is 4.47. The van der Waals surface area contributed by atoms with Gasteiger partial charge >= 0.3 is 12.2 Å². The number of carbonyl (C=O) groups is 4. The Morgan fingerprint density at radius 2 is 1.95 bits per heavy atom. The lowest BCUT2D eigenvalue weighted by molar-refractivity contribution is -0.130. The Morgan fingerprint density at radius 1 is 1.16 bits per heavy atom. The van der Waals surface area contributed by atoms with E-state index in [1.54, 1.807) is 24.0 Å². The average Bonchev–Trinajstić information content (AvgIpc) is 3.31. The molecule has 4 amide bonds. The molecule has 4 rings (SSSR count). The zero-order valence-corrected chi connectivity index (χ0v) is 20.8. The van der Waals surface area contributed by atoms with E-state index >= 15 is 4.39 Å². The fourth-order valence-corrected chi connectivity index (χ4v) is 4.11. The molecule has 2 fully saturated rings. The van der Waals surface area contributed by atoms with E-state index in [0.29, 0.717) is 37.6 Å². The van der Waals surface area contributed by atoms with Crippen molar-refractivity contribution >= 4 is 35.4 Å². The molecule has 0 radical (unpaired) electrons. The van der Waals surface area contributed by atoms with E-state index in [4.69, 9.17) is 9.47 Å². The van der Waals surface area contributed by atoms with Gasteiger partial charge in [-0.25, -0.2) is 19.0 Å². The lowest BCUT2D eigenvalue weighted by Gasteiger charge is -2.36. The van der Waals surface area contributed by atoms with Crippen molar-refractivity contribution in [2.45, 2.75) is 13.0 Å². The van der Waals surface area contributed by atoms with Crippen molar-refractivity contribution in [3.63, 3.8) is 0 Å². The number of anilines is 2. The molecule has 1 atom stereocenters. The second-order valence-corrected chi connectivity index (χ2v) is 8.49. The van der Waals surface area contributed by atoms with Crippen LogP contribution in [0.5, 0.6) is 0 Å². The fraction of sp³-hybridized carbons (Fsp3) is 0.417. The molecule has 1 unspecified atom stereocenters. The smallest absolute Gasteiger partial charge is 0.414 e. The summed E-state index contributed by atoms with van der Waals surface area (Å²) in [5.74, 6) is -1.26. The second-order valence-electron chi connectivity index (χ2n) is 8.49. The monoisotopic (exact) mass is 529 g/mol. The van der Waals surface area contributed by atoms with Crippen LogP contribution in [-0.2, 0) is 14.3 Å². The molecule has 0 saturated carbocycles. The Kier molecular flexibility index (Phi) is 8.51. The van der Waals surface area contributed by atoms with Crippen LogP contribution in [-0.4, -0.2) is 97.4 Å². The Labute approximate surface area is 217 Å². The van der Waals surface area contributed by atoms with E-state index in [2.05, 4.69) is 20.6 Å². The number of nitrogens with one attached hydrogen (secondary N) is 2. The van der Waals surface area contributed by atoms with Gasteiger partial charge in [0, 0.05) is 38.6 Å². The molecule has 2 saturated heterocycles. The van der Waals surface area contributed by atoms with E-state index < -0.39 is 30.0 Å². The summed E-state index contributed by atoms with van der Waals surface area (Å²) >= 11 is 0. The van der Waals surface area contributed by atoms with Gasteiger partial charge in [-0.15, -0.1) is 0 Å². The minimum Gasteiger partial charge on any atom is -0.450 e. The number of halogens is 1. The molecule has 2 aromatic rings. The molecule has 0 bridgehead atoms. The minimum absolute atomic E-state index is 0.0780. The molecule has 14 heteroatoms. The number of rotatable bonds is 8. The third-order valence-electron chi connectivity index (χ3n) is 6.04. The fourth-order valence-electron chi connectivity index (χ4n) is 4.11. The van der Waals surface area contributed by atoms with Crippen molar-refractivity contribution in [1.82, 2.24) is 25.5 Å². The molecule has 2 aliphatic heterocycles. The van der Waals surface area contributed by atoms with Crippen LogP contribution in [0.25, 0.3) is 0 Å². The standard InChI is InChI=1S/C24H28FN7O6/c1-2-37-23(35)29-12-17-15-32(24(36)38-17)16-3-4-20(18(25)11-16)30-7-9-31(10-8-30)21(33)14-28-22(34)19-13-26-5-6-27-19/h3-6,11,13,17H,2,7-10,12,14-15H2,1H3,(H,28,34)(H,29,35). The molecular weight excluding hydrogens is 501 g/mol. The summed E-state index contributed by atoms with van der Waals surface area (Å²) in [7, 11) is 0. The summed E-state index contributed by atoms with van der Waals surface area (Å²) in [4.78, 5) is 60.7. The third kappa shape index (κ3) is 6.44. The van der Waals surface area contributed by atoms with Gasteiger partial charge in [0.1, 0.15) is 17.6 Å². The highest BCUT2D eigenvalue weighted by Gasteiger charge is 2.33. The van der Waals surface area contributed by atoms with Crippen LogP contribution in [0.3, 0.4) is 0 Å². The largest absolute Gasteiger partial charge is 0.450 e. The second kappa shape index (κ2) is 12.2. The number of cyclic esters (lactones) is 1. The number of hydrogen-bond acceptors (Lipinski definition) is 9. The summed E-state index contributed by atoms with van der Waals surface area (Å²) < 4.78 is 25.1. The quantitative estimate of drug-likeness (QED) is 0.506. The van der Waals surface area contributed by atoms with Crippen LogP contribution in [0.1, 0.15) is 17.4 Å². The van der Waals surface area contributed by atoms with E-state index in [0.717, 1.165) is 0 Å². The first-order valence-electron chi connectivity index (χ1n) is 12.1. The van der Waals surface area contributed by atoms with Gasteiger partial charge in [0.05, 0.1) is 43.8 Å². The molecular formula is C24H28FN7O6. The number of alkyl carbamates (subject to hydrolysis) is 1. The highest BCUT2D eigenvalue weighted by atomic mass is 19.1. The number of ether oxygens (including phenoxy) is 2. The first kappa shape index (κ1) is 26.6. The number of aromatic nitrogens is 2.